The molecule has 1 aliphatic rings. The molecule has 0 aliphatic carbocycles. The zero-order chi connectivity index (χ0) is 19.2. The molecule has 0 atom stereocenters. The van der Waals surface area contributed by atoms with Crippen LogP contribution in [0.15, 0.2) is 49.1 Å². The smallest absolute Gasteiger partial charge is 0.123 e. The number of rotatable bonds is 7. The largest absolute Gasteiger partial charge is 0.507 e. The molecule has 1 fully saturated rings. The van der Waals surface area contributed by atoms with E-state index in [-0.39, 0.29) is 0 Å². The molecule has 0 saturated carbocycles. The second-order valence-corrected chi connectivity index (χ2v) is 6.75. The van der Waals surface area contributed by atoms with Crippen LogP contribution >= 0.6 is 0 Å². The Morgan fingerprint density at radius 1 is 0.963 bits per heavy atom. The second kappa shape index (κ2) is 8.82. The van der Waals surface area contributed by atoms with Crippen LogP contribution in [0.1, 0.15) is 11.1 Å². The lowest BCUT2D eigenvalue weighted by molar-refractivity contribution is 0.246. The van der Waals surface area contributed by atoms with Gasteiger partial charge in [-0.3, -0.25) is 4.90 Å². The highest BCUT2D eigenvalue weighted by Gasteiger charge is 2.19. The van der Waals surface area contributed by atoms with Gasteiger partial charge < -0.3 is 19.5 Å². The van der Waals surface area contributed by atoms with Crippen molar-refractivity contribution in [2.75, 3.05) is 45.3 Å². The van der Waals surface area contributed by atoms with Gasteiger partial charge in [0.25, 0.3) is 0 Å². The molecule has 27 heavy (non-hydrogen) atoms. The molecule has 3 rings (SSSR count). The van der Waals surface area contributed by atoms with Crippen molar-refractivity contribution in [2.45, 2.75) is 13.0 Å². The number of phenols is 1. The number of hydrogen-bond acceptors (Lipinski definition) is 5. The van der Waals surface area contributed by atoms with E-state index in [1.807, 2.05) is 24.3 Å². The first-order chi connectivity index (χ1) is 13.1. The summed E-state index contributed by atoms with van der Waals surface area (Å²) >= 11 is 0. The van der Waals surface area contributed by atoms with Gasteiger partial charge in [0, 0.05) is 49.5 Å². The van der Waals surface area contributed by atoms with E-state index in [4.69, 9.17) is 9.47 Å². The van der Waals surface area contributed by atoms with Gasteiger partial charge in [-0.05, 0) is 42.8 Å². The topological polar surface area (TPSA) is 45.2 Å². The number of methoxy groups -OCH3 is 2. The maximum absolute atomic E-state index is 10.6. The summed E-state index contributed by atoms with van der Waals surface area (Å²) in [7, 11) is 3.34. The highest BCUT2D eigenvalue weighted by molar-refractivity contribution is 5.50. The molecule has 0 bridgehead atoms. The van der Waals surface area contributed by atoms with Crippen LogP contribution < -0.4 is 14.4 Å². The van der Waals surface area contributed by atoms with Crippen molar-refractivity contribution in [3.05, 3.63) is 60.2 Å². The molecule has 0 radical (unpaired) electrons. The van der Waals surface area contributed by atoms with Crippen LogP contribution in [0.2, 0.25) is 0 Å². The first kappa shape index (κ1) is 19.1. The molecule has 2 aromatic rings. The number of hydrogen-bond donors (Lipinski definition) is 1. The molecule has 0 spiro atoms. The Balaban J connectivity index is 1.64. The third-order valence-electron chi connectivity index (χ3n) is 5.05. The van der Waals surface area contributed by atoms with Crippen molar-refractivity contribution in [2.24, 2.45) is 0 Å². The molecular weight excluding hydrogens is 340 g/mol. The van der Waals surface area contributed by atoms with Gasteiger partial charge in [0.05, 0.1) is 14.2 Å². The number of ether oxygens (including phenoxy) is 2. The Labute approximate surface area is 161 Å². The van der Waals surface area contributed by atoms with E-state index in [0.29, 0.717) is 18.7 Å². The minimum Gasteiger partial charge on any atom is -0.507 e. The first-order valence-electron chi connectivity index (χ1n) is 9.25. The highest BCUT2D eigenvalue weighted by atomic mass is 16.5. The number of benzene rings is 2. The SMILES string of the molecule is C=CCc1cc(OC)cc(CN2CCN(c3ccc(OC)cc3)CC2)c1O. The van der Waals surface area contributed by atoms with E-state index in [2.05, 4.69) is 28.5 Å². The average Bonchev–Trinajstić information content (AvgIpc) is 2.71. The van der Waals surface area contributed by atoms with Crippen LogP contribution in [-0.4, -0.2) is 50.4 Å². The Hall–Kier alpha value is -2.66. The van der Waals surface area contributed by atoms with Crippen molar-refractivity contribution in [3.8, 4) is 17.2 Å². The summed E-state index contributed by atoms with van der Waals surface area (Å²) in [5.74, 6) is 2.01. The Morgan fingerprint density at radius 3 is 2.19 bits per heavy atom. The molecule has 5 nitrogen and oxygen atoms in total. The van der Waals surface area contributed by atoms with Crippen LogP contribution in [-0.2, 0) is 13.0 Å². The molecule has 0 unspecified atom stereocenters. The first-order valence-corrected chi connectivity index (χ1v) is 9.25. The van der Waals surface area contributed by atoms with E-state index >= 15 is 0 Å². The lowest BCUT2D eigenvalue weighted by atomic mass is 10.0. The maximum atomic E-state index is 10.6. The van der Waals surface area contributed by atoms with Gasteiger partial charge in [0.15, 0.2) is 0 Å². The molecule has 5 heteroatoms. The summed E-state index contributed by atoms with van der Waals surface area (Å²) in [4.78, 5) is 4.75. The van der Waals surface area contributed by atoms with Crippen LogP contribution in [0.25, 0.3) is 0 Å². The molecule has 1 saturated heterocycles. The third kappa shape index (κ3) is 4.55. The van der Waals surface area contributed by atoms with Gasteiger partial charge in [-0.15, -0.1) is 6.58 Å². The van der Waals surface area contributed by atoms with Crippen molar-refractivity contribution < 1.29 is 14.6 Å². The van der Waals surface area contributed by atoms with Crippen molar-refractivity contribution >= 4 is 5.69 Å². The molecule has 1 N–H and O–H groups in total. The van der Waals surface area contributed by atoms with Crippen LogP contribution in [0.3, 0.4) is 0 Å². The lowest BCUT2D eigenvalue weighted by Gasteiger charge is -2.36. The van der Waals surface area contributed by atoms with Crippen LogP contribution in [0.4, 0.5) is 5.69 Å². The summed E-state index contributed by atoms with van der Waals surface area (Å²) in [6.45, 7) is 8.28. The number of nitrogens with zero attached hydrogens (tertiary/aromatic N) is 2. The second-order valence-electron chi connectivity index (χ2n) is 6.75. The molecule has 2 aromatic carbocycles. The molecule has 1 heterocycles. The molecule has 0 aromatic heterocycles. The van der Waals surface area contributed by atoms with Gasteiger partial charge in [-0.2, -0.15) is 0 Å². The van der Waals surface area contributed by atoms with Crippen molar-refractivity contribution in [3.63, 3.8) is 0 Å². The molecule has 144 valence electrons. The summed E-state index contributed by atoms with van der Waals surface area (Å²) in [6, 6.07) is 12.0. The molecular formula is C22H28N2O3. The maximum Gasteiger partial charge on any atom is 0.123 e. The number of allylic oxidation sites excluding steroid dienone is 1. The van der Waals surface area contributed by atoms with Crippen molar-refractivity contribution in [1.29, 1.82) is 0 Å². The zero-order valence-electron chi connectivity index (χ0n) is 16.1. The minimum absolute atomic E-state index is 0.355. The predicted octanol–water partition coefficient (Wildman–Crippen LogP) is 3.46. The predicted molar refractivity (Wildman–Crippen MR) is 109 cm³/mol. The number of aromatic hydroxyl groups is 1. The van der Waals surface area contributed by atoms with E-state index in [1.165, 1.54) is 5.69 Å². The summed E-state index contributed by atoms with van der Waals surface area (Å²) in [6.07, 6.45) is 2.42. The Kier molecular flexibility index (Phi) is 6.24. The van der Waals surface area contributed by atoms with Gasteiger partial charge in [-0.25, -0.2) is 0 Å². The van der Waals surface area contributed by atoms with E-state index < -0.39 is 0 Å². The summed E-state index contributed by atoms with van der Waals surface area (Å²) in [5, 5.41) is 10.6. The molecule has 1 aliphatic heterocycles. The van der Waals surface area contributed by atoms with E-state index in [1.54, 1.807) is 20.3 Å². The van der Waals surface area contributed by atoms with Gasteiger partial charge in [0.2, 0.25) is 0 Å². The number of anilines is 1. The molecule has 0 amide bonds. The monoisotopic (exact) mass is 368 g/mol. The average molecular weight is 368 g/mol. The van der Waals surface area contributed by atoms with Crippen molar-refractivity contribution in [1.82, 2.24) is 4.90 Å². The van der Waals surface area contributed by atoms with Gasteiger partial charge >= 0.3 is 0 Å². The number of phenolic OH excluding ortho intramolecular Hbond substituents is 1. The Morgan fingerprint density at radius 2 is 1.59 bits per heavy atom. The fourth-order valence-corrected chi connectivity index (χ4v) is 3.48. The lowest BCUT2D eigenvalue weighted by Crippen LogP contribution is -2.45. The zero-order valence-corrected chi connectivity index (χ0v) is 16.1. The summed E-state index contributed by atoms with van der Waals surface area (Å²) in [5.41, 5.74) is 2.98. The third-order valence-corrected chi connectivity index (χ3v) is 5.05. The van der Waals surface area contributed by atoms with Gasteiger partial charge in [-0.1, -0.05) is 6.08 Å². The fourth-order valence-electron chi connectivity index (χ4n) is 3.48. The quantitative estimate of drug-likeness (QED) is 0.759. The fraction of sp³-hybridized carbons (Fsp3) is 0.364. The standard InChI is InChI=1S/C22H28N2O3/c1-4-5-17-14-21(27-3)15-18(22(17)25)16-23-10-12-24(13-11-23)19-6-8-20(26-2)9-7-19/h4,6-9,14-15,25H,1,5,10-13,16H2,2-3H3. The minimum atomic E-state index is 0.355. The normalized spacial score (nSPS) is 14.8. The highest BCUT2D eigenvalue weighted by Crippen LogP contribution is 2.30. The van der Waals surface area contributed by atoms with E-state index in [9.17, 15) is 5.11 Å². The Bertz CT molecular complexity index is 766. The number of piperazine rings is 1. The van der Waals surface area contributed by atoms with Crippen LogP contribution in [0, 0.1) is 0 Å². The van der Waals surface area contributed by atoms with E-state index in [0.717, 1.165) is 48.8 Å². The van der Waals surface area contributed by atoms with Gasteiger partial charge in [0.1, 0.15) is 17.2 Å². The van der Waals surface area contributed by atoms with Crippen LogP contribution in [0.5, 0.6) is 17.2 Å². The summed E-state index contributed by atoms with van der Waals surface area (Å²) < 4.78 is 10.6.